The van der Waals surface area contributed by atoms with Gasteiger partial charge in [-0.05, 0) is 42.5 Å². The number of methoxy groups -OCH3 is 1. The third-order valence-electron chi connectivity index (χ3n) is 3.17. The van der Waals surface area contributed by atoms with Gasteiger partial charge in [-0.3, -0.25) is 9.36 Å². The van der Waals surface area contributed by atoms with E-state index < -0.39 is 5.82 Å². The van der Waals surface area contributed by atoms with Crippen molar-refractivity contribution >= 4 is 23.1 Å². The highest BCUT2D eigenvalue weighted by molar-refractivity contribution is 7.71. The van der Waals surface area contributed by atoms with E-state index in [0.717, 1.165) is 0 Å². The molecule has 0 saturated carbocycles. The molecule has 106 valence electrons. The van der Waals surface area contributed by atoms with E-state index in [-0.39, 0.29) is 15.7 Å². The molecule has 0 fully saturated rings. The Labute approximate surface area is 124 Å². The highest BCUT2D eigenvalue weighted by Gasteiger charge is 2.09. The number of nitrogens with one attached hydrogen (secondary N) is 1. The van der Waals surface area contributed by atoms with Crippen LogP contribution >= 0.6 is 12.2 Å². The average molecular weight is 302 g/mol. The van der Waals surface area contributed by atoms with Crippen LogP contribution < -0.4 is 10.3 Å². The van der Waals surface area contributed by atoms with Crippen LogP contribution in [0.15, 0.2) is 47.3 Å². The lowest BCUT2D eigenvalue weighted by Gasteiger charge is -2.09. The number of hydrogen-bond acceptors (Lipinski definition) is 3. The fourth-order valence-corrected chi connectivity index (χ4v) is 2.47. The molecule has 1 heterocycles. The molecule has 0 radical (unpaired) electrons. The first-order valence-electron chi connectivity index (χ1n) is 6.19. The molecule has 0 amide bonds. The molecule has 0 aliphatic carbocycles. The van der Waals surface area contributed by atoms with Gasteiger partial charge in [0.1, 0.15) is 11.6 Å². The number of ether oxygens (including phenoxy) is 1. The summed E-state index contributed by atoms with van der Waals surface area (Å²) in [6.07, 6.45) is 0. The quantitative estimate of drug-likeness (QED) is 0.740. The Balaban J connectivity index is 2.37. The van der Waals surface area contributed by atoms with Crippen molar-refractivity contribution < 1.29 is 9.13 Å². The lowest BCUT2D eigenvalue weighted by atomic mass is 10.2. The molecule has 0 aliphatic rings. The second kappa shape index (κ2) is 5.14. The molecule has 0 aliphatic heterocycles. The van der Waals surface area contributed by atoms with Gasteiger partial charge in [-0.2, -0.15) is 0 Å². The van der Waals surface area contributed by atoms with Gasteiger partial charge in [-0.25, -0.2) is 4.39 Å². The summed E-state index contributed by atoms with van der Waals surface area (Å²) in [5, 5.41) is 0.242. The maximum atomic E-state index is 13.4. The summed E-state index contributed by atoms with van der Waals surface area (Å²) in [7, 11) is 1.54. The van der Waals surface area contributed by atoms with Crippen molar-refractivity contribution in [3.8, 4) is 11.4 Å². The Kier molecular flexibility index (Phi) is 3.31. The van der Waals surface area contributed by atoms with Gasteiger partial charge in [-0.1, -0.05) is 6.07 Å². The first kappa shape index (κ1) is 13.5. The normalized spacial score (nSPS) is 10.8. The number of rotatable bonds is 2. The van der Waals surface area contributed by atoms with E-state index in [4.69, 9.17) is 17.0 Å². The first-order chi connectivity index (χ1) is 10.1. The van der Waals surface area contributed by atoms with Gasteiger partial charge in [0.2, 0.25) is 0 Å². The van der Waals surface area contributed by atoms with Gasteiger partial charge in [0.05, 0.1) is 23.7 Å². The summed E-state index contributed by atoms with van der Waals surface area (Å²) < 4.78 is 20.1. The largest absolute Gasteiger partial charge is 0.497 e. The zero-order valence-corrected chi connectivity index (χ0v) is 11.9. The predicted molar refractivity (Wildman–Crippen MR) is 81.2 cm³/mol. The average Bonchev–Trinajstić information content (AvgIpc) is 2.48. The lowest BCUT2D eigenvalue weighted by molar-refractivity contribution is 0.414. The number of nitrogens with zero attached hydrogens (tertiary/aromatic N) is 1. The van der Waals surface area contributed by atoms with Gasteiger partial charge >= 0.3 is 0 Å². The topological polar surface area (TPSA) is 47.0 Å². The third-order valence-corrected chi connectivity index (χ3v) is 3.46. The summed E-state index contributed by atoms with van der Waals surface area (Å²) in [6, 6.07) is 10.9. The van der Waals surface area contributed by atoms with E-state index in [9.17, 15) is 9.18 Å². The molecule has 4 nitrogen and oxygen atoms in total. The second-order valence-electron chi connectivity index (χ2n) is 4.46. The van der Waals surface area contributed by atoms with Crippen LogP contribution in [-0.4, -0.2) is 16.7 Å². The van der Waals surface area contributed by atoms with Crippen molar-refractivity contribution in [3.05, 3.63) is 63.4 Å². The molecule has 6 heteroatoms. The SMILES string of the molecule is COc1cccc(-n2c(=S)[nH]c3ccc(F)cc3c2=O)c1. The number of benzene rings is 2. The second-order valence-corrected chi connectivity index (χ2v) is 4.85. The minimum atomic E-state index is -0.470. The van der Waals surface area contributed by atoms with Gasteiger partial charge in [0.15, 0.2) is 4.77 Å². The van der Waals surface area contributed by atoms with E-state index in [0.29, 0.717) is 17.0 Å². The Morgan fingerprint density at radius 2 is 2.05 bits per heavy atom. The highest BCUT2D eigenvalue weighted by atomic mass is 32.1. The van der Waals surface area contributed by atoms with Gasteiger partial charge in [0.25, 0.3) is 5.56 Å². The lowest BCUT2D eigenvalue weighted by Crippen LogP contribution is -2.20. The van der Waals surface area contributed by atoms with E-state index in [2.05, 4.69) is 4.98 Å². The van der Waals surface area contributed by atoms with Crippen molar-refractivity contribution in [1.82, 2.24) is 9.55 Å². The predicted octanol–water partition coefficient (Wildman–Crippen LogP) is 3.20. The van der Waals surface area contributed by atoms with Crippen molar-refractivity contribution in [2.45, 2.75) is 0 Å². The molecule has 21 heavy (non-hydrogen) atoms. The van der Waals surface area contributed by atoms with Crippen LogP contribution in [0, 0.1) is 10.6 Å². The molecule has 1 N–H and O–H groups in total. The standard InChI is InChI=1S/C15H11FN2O2S/c1-20-11-4-2-3-10(8-11)18-14(19)12-7-9(16)5-6-13(12)17-15(18)21/h2-8H,1H3,(H,17,21). The molecular weight excluding hydrogens is 291 g/mol. The molecule has 2 aromatic carbocycles. The number of aromatic amines is 1. The first-order valence-corrected chi connectivity index (χ1v) is 6.60. The molecule has 1 aromatic heterocycles. The third kappa shape index (κ3) is 2.34. The molecular formula is C15H11FN2O2S. The Morgan fingerprint density at radius 1 is 1.24 bits per heavy atom. The van der Waals surface area contributed by atoms with Crippen LogP contribution in [0.1, 0.15) is 0 Å². The molecule has 3 aromatic rings. The van der Waals surface area contributed by atoms with E-state index in [1.54, 1.807) is 31.4 Å². The number of H-pyrrole nitrogens is 1. The molecule has 0 saturated heterocycles. The highest BCUT2D eigenvalue weighted by Crippen LogP contribution is 2.17. The number of hydrogen-bond donors (Lipinski definition) is 1. The summed E-state index contributed by atoms with van der Waals surface area (Å²) in [5.41, 5.74) is 0.693. The Bertz CT molecular complexity index is 946. The fraction of sp³-hybridized carbons (Fsp3) is 0.0667. The van der Waals surface area contributed by atoms with Crippen molar-refractivity contribution in [3.63, 3.8) is 0 Å². The molecule has 0 spiro atoms. The summed E-state index contributed by atoms with van der Waals surface area (Å²) in [6.45, 7) is 0. The molecule has 3 rings (SSSR count). The fourth-order valence-electron chi connectivity index (χ4n) is 2.17. The maximum Gasteiger partial charge on any atom is 0.266 e. The minimum Gasteiger partial charge on any atom is -0.497 e. The van der Waals surface area contributed by atoms with Crippen LogP contribution in [0.4, 0.5) is 4.39 Å². The smallest absolute Gasteiger partial charge is 0.266 e. The van der Waals surface area contributed by atoms with Crippen LogP contribution in [0.2, 0.25) is 0 Å². The summed E-state index contributed by atoms with van der Waals surface area (Å²) in [4.78, 5) is 15.5. The van der Waals surface area contributed by atoms with Crippen LogP contribution in [0.3, 0.4) is 0 Å². The Hall–Kier alpha value is -2.47. The van der Waals surface area contributed by atoms with E-state index >= 15 is 0 Å². The zero-order chi connectivity index (χ0) is 15.0. The molecule has 0 unspecified atom stereocenters. The maximum absolute atomic E-state index is 13.4. The monoisotopic (exact) mass is 302 g/mol. The van der Waals surface area contributed by atoms with Gasteiger partial charge in [0, 0.05) is 6.07 Å². The number of aromatic nitrogens is 2. The number of fused-ring (bicyclic) bond motifs is 1. The summed E-state index contributed by atoms with van der Waals surface area (Å²) >= 11 is 5.23. The number of halogens is 1. The Morgan fingerprint density at radius 3 is 2.81 bits per heavy atom. The van der Waals surface area contributed by atoms with Gasteiger partial charge in [-0.15, -0.1) is 0 Å². The van der Waals surface area contributed by atoms with Crippen LogP contribution in [0.5, 0.6) is 5.75 Å². The van der Waals surface area contributed by atoms with Crippen molar-refractivity contribution in [2.24, 2.45) is 0 Å². The zero-order valence-electron chi connectivity index (χ0n) is 11.1. The van der Waals surface area contributed by atoms with Gasteiger partial charge < -0.3 is 9.72 Å². The molecule has 0 bridgehead atoms. The van der Waals surface area contributed by atoms with Crippen molar-refractivity contribution in [2.75, 3.05) is 7.11 Å². The van der Waals surface area contributed by atoms with E-state index in [1.807, 2.05) is 0 Å². The van der Waals surface area contributed by atoms with Crippen LogP contribution in [0.25, 0.3) is 16.6 Å². The van der Waals surface area contributed by atoms with E-state index in [1.165, 1.54) is 22.8 Å². The summed E-state index contributed by atoms with van der Waals surface area (Å²) in [5.74, 6) is 0.135. The van der Waals surface area contributed by atoms with Crippen LogP contribution in [-0.2, 0) is 0 Å². The minimum absolute atomic E-state index is 0.242. The molecule has 0 atom stereocenters. The van der Waals surface area contributed by atoms with Crippen molar-refractivity contribution in [1.29, 1.82) is 0 Å².